The fourth-order valence-corrected chi connectivity index (χ4v) is 6.55. The van der Waals surface area contributed by atoms with Crippen molar-refractivity contribution in [2.45, 2.75) is 30.7 Å². The Kier molecular flexibility index (Phi) is 5.54. The van der Waals surface area contributed by atoms with Gasteiger partial charge in [-0.25, -0.2) is 17.8 Å². The first-order chi connectivity index (χ1) is 15.7. The number of nitrogens with zero attached hydrogens (tertiary/aromatic N) is 3. The predicted octanol–water partition coefficient (Wildman–Crippen LogP) is 4.46. The molecule has 0 bridgehead atoms. The average molecular weight is 509 g/mol. The molecule has 1 aromatic heterocycles. The van der Waals surface area contributed by atoms with E-state index in [0.29, 0.717) is 36.8 Å². The zero-order valence-corrected chi connectivity index (χ0v) is 20.0. The first-order valence-corrected chi connectivity index (χ1v) is 13.1. The van der Waals surface area contributed by atoms with Gasteiger partial charge in [0.1, 0.15) is 11.9 Å². The van der Waals surface area contributed by atoms with Gasteiger partial charge in [-0.15, -0.1) is 11.3 Å². The molecular formula is C22H22ClFN4O3S2. The molecule has 33 heavy (non-hydrogen) atoms. The first-order valence-electron chi connectivity index (χ1n) is 10.3. The fraction of sp³-hybridized carbons (Fsp3) is 0.273. The summed E-state index contributed by atoms with van der Waals surface area (Å²) in [5.74, 6) is -0.526. The summed E-state index contributed by atoms with van der Waals surface area (Å²) in [5, 5.41) is 2.19. The maximum absolute atomic E-state index is 13.8. The molecule has 0 radical (unpaired) electrons. The van der Waals surface area contributed by atoms with Gasteiger partial charge in [0.2, 0.25) is 5.91 Å². The van der Waals surface area contributed by atoms with Crippen LogP contribution in [-0.4, -0.2) is 38.4 Å². The number of benzene rings is 2. The summed E-state index contributed by atoms with van der Waals surface area (Å²) in [5.41, 5.74) is 2.90. The highest BCUT2D eigenvalue weighted by atomic mass is 35.5. The van der Waals surface area contributed by atoms with Crippen molar-refractivity contribution < 1.29 is 19.0 Å². The van der Waals surface area contributed by atoms with Crippen LogP contribution in [0.4, 0.5) is 20.9 Å². The highest BCUT2D eigenvalue weighted by Crippen LogP contribution is 2.38. The van der Waals surface area contributed by atoms with E-state index in [9.17, 15) is 17.6 Å². The molecule has 0 spiro atoms. The SMILES string of the molecule is Cc1csc(NS(=O)(=O)c2ccc(N3CC[C@H](N4CCc5c4ccc(F)c5Cl)C3=O)cc2)n1.[HH]. The first kappa shape index (κ1) is 22.1. The second-order valence-corrected chi connectivity index (χ2v) is 10.9. The number of nitrogens with one attached hydrogen (secondary N) is 1. The van der Waals surface area contributed by atoms with Crippen LogP contribution in [0.1, 0.15) is 19.1 Å². The van der Waals surface area contributed by atoms with Crippen LogP contribution >= 0.6 is 22.9 Å². The lowest BCUT2D eigenvalue weighted by Gasteiger charge is -2.26. The third-order valence-electron chi connectivity index (χ3n) is 5.94. The number of thiazole rings is 1. The van der Waals surface area contributed by atoms with E-state index in [1.807, 2.05) is 4.90 Å². The smallest absolute Gasteiger partial charge is 0.263 e. The molecular weight excluding hydrogens is 487 g/mol. The van der Waals surface area contributed by atoms with Crippen molar-refractivity contribution in [2.24, 2.45) is 0 Å². The van der Waals surface area contributed by atoms with Crippen LogP contribution in [0.25, 0.3) is 0 Å². The summed E-state index contributed by atoms with van der Waals surface area (Å²) in [7, 11) is -3.78. The van der Waals surface area contributed by atoms with Crippen LogP contribution in [0.3, 0.4) is 0 Å². The Balaban J connectivity index is 0.00000274. The van der Waals surface area contributed by atoms with Crippen molar-refractivity contribution in [3.8, 4) is 0 Å². The minimum atomic E-state index is -3.78. The number of rotatable bonds is 5. The fourth-order valence-electron chi connectivity index (χ4n) is 4.36. The van der Waals surface area contributed by atoms with Gasteiger partial charge in [0, 0.05) is 31.3 Å². The molecule has 0 aliphatic carbocycles. The molecule has 1 saturated heterocycles. The van der Waals surface area contributed by atoms with Gasteiger partial charge in [-0.3, -0.25) is 9.52 Å². The minimum absolute atomic E-state index is 0. The van der Waals surface area contributed by atoms with Gasteiger partial charge in [0.15, 0.2) is 5.13 Å². The van der Waals surface area contributed by atoms with E-state index in [1.165, 1.54) is 29.5 Å². The second-order valence-electron chi connectivity index (χ2n) is 7.99. The summed E-state index contributed by atoms with van der Waals surface area (Å²) in [6, 6.07) is 8.86. The van der Waals surface area contributed by atoms with Crippen molar-refractivity contribution in [1.82, 2.24) is 4.98 Å². The Morgan fingerprint density at radius 1 is 1.21 bits per heavy atom. The summed E-state index contributed by atoms with van der Waals surface area (Å²) in [4.78, 5) is 21.1. The van der Waals surface area contributed by atoms with Crippen molar-refractivity contribution in [2.75, 3.05) is 27.6 Å². The molecule has 0 saturated carbocycles. The van der Waals surface area contributed by atoms with Gasteiger partial charge >= 0.3 is 0 Å². The molecule has 1 atom stereocenters. The Morgan fingerprint density at radius 2 is 1.97 bits per heavy atom. The zero-order chi connectivity index (χ0) is 23.3. The third-order valence-corrected chi connectivity index (χ3v) is 8.70. The number of hydrogen-bond donors (Lipinski definition) is 1. The molecule has 1 amide bonds. The van der Waals surface area contributed by atoms with Gasteiger partial charge in [-0.1, -0.05) is 11.6 Å². The summed E-state index contributed by atoms with van der Waals surface area (Å²) < 4.78 is 41.5. The molecule has 1 fully saturated rings. The Bertz CT molecular complexity index is 1350. The lowest BCUT2D eigenvalue weighted by molar-refractivity contribution is -0.118. The number of halogens is 2. The van der Waals surface area contributed by atoms with E-state index in [0.717, 1.165) is 16.9 Å². The lowest BCUT2D eigenvalue weighted by Crippen LogP contribution is -2.41. The van der Waals surface area contributed by atoms with Crippen LogP contribution in [0, 0.1) is 12.7 Å². The van der Waals surface area contributed by atoms with Crippen LogP contribution < -0.4 is 14.5 Å². The molecule has 11 heteroatoms. The van der Waals surface area contributed by atoms with E-state index in [4.69, 9.17) is 11.6 Å². The van der Waals surface area contributed by atoms with Crippen LogP contribution in [0.2, 0.25) is 5.02 Å². The maximum atomic E-state index is 13.8. The Labute approximate surface area is 201 Å². The van der Waals surface area contributed by atoms with Crippen molar-refractivity contribution in [1.29, 1.82) is 0 Å². The van der Waals surface area contributed by atoms with Crippen molar-refractivity contribution in [3.05, 3.63) is 63.9 Å². The number of anilines is 3. The quantitative estimate of drug-likeness (QED) is 0.550. The van der Waals surface area contributed by atoms with Gasteiger partial charge < -0.3 is 9.80 Å². The molecule has 3 heterocycles. The second kappa shape index (κ2) is 8.27. The standard InChI is InChI=1S/C22H20ClFN4O3S2.H2/c1-13-12-32-22(25-13)26-33(30,31)15-4-2-14(3-5-15)27-11-9-19(21(27)29)28-10-8-16-18(28)7-6-17(24)20(16)23;/h2-7,12,19H,8-11H2,1H3,(H,25,26);1H/t19-;/m0./s1. The molecule has 2 aliphatic rings. The number of aromatic nitrogens is 1. The van der Waals surface area contributed by atoms with Crippen LogP contribution in [0.5, 0.6) is 0 Å². The number of sulfonamides is 1. The van der Waals surface area contributed by atoms with E-state index in [1.54, 1.807) is 35.4 Å². The van der Waals surface area contributed by atoms with Crippen molar-refractivity contribution >= 4 is 55.4 Å². The van der Waals surface area contributed by atoms with E-state index in [-0.39, 0.29) is 23.3 Å². The number of hydrogen-bond acceptors (Lipinski definition) is 6. The summed E-state index contributed by atoms with van der Waals surface area (Å²) in [6.45, 7) is 2.89. The number of aryl methyl sites for hydroxylation is 1. The molecule has 2 aliphatic heterocycles. The van der Waals surface area contributed by atoms with Crippen molar-refractivity contribution in [3.63, 3.8) is 0 Å². The predicted molar refractivity (Wildman–Crippen MR) is 129 cm³/mol. The average Bonchev–Trinajstić information content (AvgIpc) is 3.49. The highest BCUT2D eigenvalue weighted by Gasteiger charge is 2.39. The van der Waals surface area contributed by atoms with E-state index >= 15 is 0 Å². The highest BCUT2D eigenvalue weighted by molar-refractivity contribution is 7.93. The molecule has 174 valence electrons. The normalized spacial score (nSPS) is 18.2. The van der Waals surface area contributed by atoms with Gasteiger partial charge in [-0.2, -0.15) is 0 Å². The maximum Gasteiger partial charge on any atom is 0.263 e. The third kappa shape index (κ3) is 3.96. The molecule has 5 rings (SSSR count). The molecule has 0 unspecified atom stereocenters. The van der Waals surface area contributed by atoms with Crippen LogP contribution in [0.15, 0.2) is 46.7 Å². The summed E-state index contributed by atoms with van der Waals surface area (Å²) in [6.07, 6.45) is 1.20. The minimum Gasteiger partial charge on any atom is -0.359 e. The monoisotopic (exact) mass is 508 g/mol. The number of fused-ring (bicyclic) bond motifs is 1. The lowest BCUT2D eigenvalue weighted by atomic mass is 10.1. The summed E-state index contributed by atoms with van der Waals surface area (Å²) >= 11 is 7.34. The molecule has 2 aromatic carbocycles. The number of carbonyl (C=O) groups is 1. The largest absolute Gasteiger partial charge is 0.359 e. The number of carbonyl (C=O) groups excluding carboxylic acids is 1. The Morgan fingerprint density at radius 3 is 2.67 bits per heavy atom. The van der Waals surface area contributed by atoms with E-state index in [2.05, 4.69) is 9.71 Å². The molecule has 7 nitrogen and oxygen atoms in total. The van der Waals surface area contributed by atoms with Gasteiger partial charge in [-0.05, 0) is 61.7 Å². The van der Waals surface area contributed by atoms with Gasteiger partial charge in [0.05, 0.1) is 15.6 Å². The van der Waals surface area contributed by atoms with E-state index < -0.39 is 15.8 Å². The Hall–Kier alpha value is -2.69. The topological polar surface area (TPSA) is 82.6 Å². The zero-order valence-electron chi connectivity index (χ0n) is 17.6. The van der Waals surface area contributed by atoms with Gasteiger partial charge in [0.25, 0.3) is 10.0 Å². The number of amides is 1. The van der Waals surface area contributed by atoms with Crippen LogP contribution in [-0.2, 0) is 21.2 Å². The molecule has 1 N–H and O–H groups in total. The molecule has 3 aromatic rings.